The van der Waals surface area contributed by atoms with Crippen LogP contribution in [0.2, 0.25) is 0 Å². The number of nitrogen functional groups attached to an aromatic ring is 1. The Bertz CT molecular complexity index is 509. The van der Waals surface area contributed by atoms with Crippen molar-refractivity contribution >= 4 is 5.82 Å². The second-order valence-electron chi connectivity index (χ2n) is 4.07. The lowest BCUT2D eigenvalue weighted by molar-refractivity contribution is 1.00. The zero-order valence-electron chi connectivity index (χ0n) is 10.4. The number of hydrogen-bond donors (Lipinski definition) is 1. The number of nitrogens with two attached hydrogens (primary N) is 1. The molecule has 0 unspecified atom stereocenters. The third-order valence-corrected chi connectivity index (χ3v) is 2.74. The monoisotopic (exact) mass is 228 g/mol. The standard InChI is InChI=1S/C13H16N4/c1-4-10-9(3)16-13(17-12(10)14)11-6-5-8(2)7-15-11/h5-7H,4H2,1-3H3,(H2,14,16,17). The number of aryl methyl sites for hydroxylation is 2. The zero-order valence-corrected chi connectivity index (χ0v) is 10.4. The molecule has 2 N–H and O–H groups in total. The van der Waals surface area contributed by atoms with Crippen LogP contribution in [0.3, 0.4) is 0 Å². The van der Waals surface area contributed by atoms with Gasteiger partial charge in [-0.3, -0.25) is 4.98 Å². The predicted octanol–water partition coefficient (Wildman–Crippen LogP) is 2.30. The third-order valence-electron chi connectivity index (χ3n) is 2.74. The van der Waals surface area contributed by atoms with Crippen LogP contribution in [-0.2, 0) is 6.42 Å². The highest BCUT2D eigenvalue weighted by Gasteiger charge is 2.09. The van der Waals surface area contributed by atoms with E-state index >= 15 is 0 Å². The van der Waals surface area contributed by atoms with E-state index in [0.29, 0.717) is 11.6 Å². The number of aromatic nitrogens is 3. The van der Waals surface area contributed by atoms with Crippen molar-refractivity contribution in [3.05, 3.63) is 35.2 Å². The summed E-state index contributed by atoms with van der Waals surface area (Å²) in [5.41, 5.74) is 9.74. The largest absolute Gasteiger partial charge is 0.383 e. The van der Waals surface area contributed by atoms with Gasteiger partial charge in [0.05, 0.1) is 0 Å². The van der Waals surface area contributed by atoms with Crippen LogP contribution in [0.4, 0.5) is 5.82 Å². The maximum absolute atomic E-state index is 5.92. The summed E-state index contributed by atoms with van der Waals surface area (Å²) in [6, 6.07) is 3.90. The molecule has 2 aromatic heterocycles. The molecule has 0 spiro atoms. The minimum atomic E-state index is 0.553. The molecule has 0 radical (unpaired) electrons. The van der Waals surface area contributed by atoms with Gasteiger partial charge in [0.15, 0.2) is 5.82 Å². The van der Waals surface area contributed by atoms with Crippen LogP contribution in [0, 0.1) is 13.8 Å². The van der Waals surface area contributed by atoms with E-state index < -0.39 is 0 Å². The second-order valence-corrected chi connectivity index (χ2v) is 4.07. The van der Waals surface area contributed by atoms with Crippen LogP contribution in [-0.4, -0.2) is 15.0 Å². The number of anilines is 1. The van der Waals surface area contributed by atoms with E-state index in [4.69, 9.17) is 5.73 Å². The fraction of sp³-hybridized carbons (Fsp3) is 0.308. The normalized spacial score (nSPS) is 10.5. The van der Waals surface area contributed by atoms with Gasteiger partial charge in [-0.25, -0.2) is 9.97 Å². The van der Waals surface area contributed by atoms with Crippen LogP contribution in [0.1, 0.15) is 23.7 Å². The molecule has 2 rings (SSSR count). The average Bonchev–Trinajstić information content (AvgIpc) is 2.29. The van der Waals surface area contributed by atoms with Crippen LogP contribution in [0.5, 0.6) is 0 Å². The smallest absolute Gasteiger partial charge is 0.180 e. The van der Waals surface area contributed by atoms with Crippen LogP contribution < -0.4 is 5.73 Å². The van der Waals surface area contributed by atoms with Crippen molar-refractivity contribution in [2.45, 2.75) is 27.2 Å². The van der Waals surface area contributed by atoms with E-state index in [1.54, 1.807) is 6.20 Å². The highest BCUT2D eigenvalue weighted by Crippen LogP contribution is 2.19. The van der Waals surface area contributed by atoms with E-state index in [1.807, 2.05) is 32.9 Å². The minimum absolute atomic E-state index is 0.553. The fourth-order valence-electron chi connectivity index (χ4n) is 1.77. The number of nitrogens with zero attached hydrogens (tertiary/aromatic N) is 3. The van der Waals surface area contributed by atoms with Crippen LogP contribution in [0.25, 0.3) is 11.5 Å². The topological polar surface area (TPSA) is 64.7 Å². The van der Waals surface area contributed by atoms with E-state index in [2.05, 4.69) is 15.0 Å². The summed E-state index contributed by atoms with van der Waals surface area (Å²) in [5, 5.41) is 0. The van der Waals surface area contributed by atoms with E-state index in [0.717, 1.165) is 28.9 Å². The average molecular weight is 228 g/mol. The van der Waals surface area contributed by atoms with Gasteiger partial charge in [0.2, 0.25) is 0 Å². The molecule has 2 aromatic rings. The van der Waals surface area contributed by atoms with Gasteiger partial charge in [-0.15, -0.1) is 0 Å². The molecule has 0 bridgehead atoms. The molecule has 4 nitrogen and oxygen atoms in total. The van der Waals surface area contributed by atoms with Crippen molar-refractivity contribution in [3.63, 3.8) is 0 Å². The molecule has 0 amide bonds. The van der Waals surface area contributed by atoms with Gasteiger partial charge >= 0.3 is 0 Å². The number of rotatable bonds is 2. The Morgan fingerprint density at radius 3 is 2.47 bits per heavy atom. The van der Waals surface area contributed by atoms with Crippen molar-refractivity contribution in [1.82, 2.24) is 15.0 Å². The third kappa shape index (κ3) is 2.25. The molecule has 2 heterocycles. The van der Waals surface area contributed by atoms with Gasteiger partial charge in [0, 0.05) is 17.5 Å². The fourth-order valence-corrected chi connectivity index (χ4v) is 1.77. The van der Waals surface area contributed by atoms with Gasteiger partial charge in [0.25, 0.3) is 0 Å². The van der Waals surface area contributed by atoms with E-state index in [-0.39, 0.29) is 0 Å². The van der Waals surface area contributed by atoms with Gasteiger partial charge in [0.1, 0.15) is 11.5 Å². The van der Waals surface area contributed by atoms with Crippen molar-refractivity contribution in [2.24, 2.45) is 0 Å². The van der Waals surface area contributed by atoms with Crippen LogP contribution >= 0.6 is 0 Å². The first-order chi connectivity index (χ1) is 8.11. The Labute approximate surface area is 101 Å². The van der Waals surface area contributed by atoms with E-state index in [1.165, 1.54) is 0 Å². The number of pyridine rings is 1. The van der Waals surface area contributed by atoms with Crippen molar-refractivity contribution in [1.29, 1.82) is 0 Å². The summed E-state index contributed by atoms with van der Waals surface area (Å²) in [6.45, 7) is 6.00. The highest BCUT2D eigenvalue weighted by atomic mass is 15.0. The summed E-state index contributed by atoms with van der Waals surface area (Å²) in [6.07, 6.45) is 2.65. The molecular weight excluding hydrogens is 212 g/mol. The lowest BCUT2D eigenvalue weighted by Crippen LogP contribution is -2.05. The molecule has 88 valence electrons. The van der Waals surface area contributed by atoms with Gasteiger partial charge < -0.3 is 5.73 Å². The molecule has 17 heavy (non-hydrogen) atoms. The Balaban J connectivity index is 2.50. The van der Waals surface area contributed by atoms with Crippen LogP contribution in [0.15, 0.2) is 18.3 Å². The molecular formula is C13H16N4. The summed E-state index contributed by atoms with van der Waals surface area (Å²) in [4.78, 5) is 13.1. The molecule has 0 saturated heterocycles. The molecule has 0 fully saturated rings. The second kappa shape index (κ2) is 4.49. The minimum Gasteiger partial charge on any atom is -0.383 e. The summed E-state index contributed by atoms with van der Waals surface area (Å²) in [5.74, 6) is 1.15. The molecule has 0 atom stereocenters. The lowest BCUT2D eigenvalue weighted by Gasteiger charge is -2.08. The maximum Gasteiger partial charge on any atom is 0.180 e. The first kappa shape index (κ1) is 11.5. The van der Waals surface area contributed by atoms with Crippen molar-refractivity contribution < 1.29 is 0 Å². The summed E-state index contributed by atoms with van der Waals surface area (Å²) >= 11 is 0. The Morgan fingerprint density at radius 2 is 1.94 bits per heavy atom. The summed E-state index contributed by atoms with van der Waals surface area (Å²) < 4.78 is 0. The Hall–Kier alpha value is -1.97. The summed E-state index contributed by atoms with van der Waals surface area (Å²) in [7, 11) is 0. The SMILES string of the molecule is CCc1c(C)nc(-c2ccc(C)cn2)nc1N. The predicted molar refractivity (Wildman–Crippen MR) is 68.5 cm³/mol. The van der Waals surface area contributed by atoms with Gasteiger partial charge in [-0.05, 0) is 31.9 Å². The zero-order chi connectivity index (χ0) is 12.4. The molecule has 0 aliphatic carbocycles. The first-order valence-electron chi connectivity index (χ1n) is 5.67. The quantitative estimate of drug-likeness (QED) is 0.856. The Morgan fingerprint density at radius 1 is 1.18 bits per heavy atom. The van der Waals surface area contributed by atoms with Crippen molar-refractivity contribution in [3.8, 4) is 11.5 Å². The molecule has 0 aliphatic heterocycles. The molecule has 4 heteroatoms. The van der Waals surface area contributed by atoms with Gasteiger partial charge in [-0.1, -0.05) is 13.0 Å². The molecule has 0 saturated carbocycles. The van der Waals surface area contributed by atoms with Gasteiger partial charge in [-0.2, -0.15) is 0 Å². The highest BCUT2D eigenvalue weighted by molar-refractivity contribution is 5.55. The first-order valence-corrected chi connectivity index (χ1v) is 5.67. The van der Waals surface area contributed by atoms with Crippen molar-refractivity contribution in [2.75, 3.05) is 5.73 Å². The number of hydrogen-bond acceptors (Lipinski definition) is 4. The lowest BCUT2D eigenvalue weighted by atomic mass is 10.1. The molecule has 0 aliphatic rings. The molecule has 0 aromatic carbocycles. The maximum atomic E-state index is 5.92. The Kier molecular flexibility index (Phi) is 3.04. The van der Waals surface area contributed by atoms with E-state index in [9.17, 15) is 0 Å².